The molecule has 2 amide bonds. The summed E-state index contributed by atoms with van der Waals surface area (Å²) in [6.45, 7) is 4.09. The van der Waals surface area contributed by atoms with Crippen LogP contribution >= 0.6 is 15.9 Å². The first-order valence-corrected chi connectivity index (χ1v) is 12.6. The summed E-state index contributed by atoms with van der Waals surface area (Å²) in [6, 6.07) is 13.8. The van der Waals surface area contributed by atoms with Crippen LogP contribution in [0.15, 0.2) is 70.2 Å². The molecule has 10 heteroatoms. The van der Waals surface area contributed by atoms with E-state index in [-0.39, 0.29) is 30.0 Å². The molecule has 1 atom stereocenters. The van der Waals surface area contributed by atoms with Crippen molar-refractivity contribution in [3.63, 3.8) is 0 Å². The van der Waals surface area contributed by atoms with Gasteiger partial charge in [0.05, 0.1) is 17.9 Å². The van der Waals surface area contributed by atoms with Gasteiger partial charge < -0.3 is 10.2 Å². The zero-order valence-electron chi connectivity index (χ0n) is 20.6. The molecule has 0 saturated carbocycles. The molecule has 0 fully saturated rings. The summed E-state index contributed by atoms with van der Waals surface area (Å²) in [5.41, 5.74) is 3.51. The number of hydrogen-bond acceptors (Lipinski definition) is 5. The van der Waals surface area contributed by atoms with Crippen molar-refractivity contribution in [3.05, 3.63) is 104 Å². The molecule has 188 valence electrons. The average molecular weight is 561 g/mol. The third kappa shape index (κ3) is 4.48. The highest BCUT2D eigenvalue weighted by molar-refractivity contribution is 9.10. The number of amides is 2. The van der Waals surface area contributed by atoms with Gasteiger partial charge in [-0.3, -0.25) is 14.4 Å². The maximum absolute atomic E-state index is 13.9. The lowest BCUT2D eigenvalue weighted by Crippen LogP contribution is -2.46. The molecule has 4 aromatic rings. The highest BCUT2D eigenvalue weighted by Gasteiger charge is 2.32. The van der Waals surface area contributed by atoms with Crippen molar-refractivity contribution in [2.24, 2.45) is 0 Å². The first-order valence-electron chi connectivity index (χ1n) is 11.8. The monoisotopic (exact) mass is 560 g/mol. The molecule has 37 heavy (non-hydrogen) atoms. The van der Waals surface area contributed by atoms with E-state index in [2.05, 4.69) is 26.3 Å². The molecule has 0 unspecified atom stereocenters. The van der Waals surface area contributed by atoms with Gasteiger partial charge in [0.1, 0.15) is 0 Å². The van der Waals surface area contributed by atoms with Crippen molar-refractivity contribution in [3.8, 4) is 11.6 Å². The van der Waals surface area contributed by atoms with Crippen molar-refractivity contribution in [2.75, 3.05) is 7.05 Å². The maximum Gasteiger partial charge on any atom is 0.263 e. The maximum atomic E-state index is 13.9. The van der Waals surface area contributed by atoms with Gasteiger partial charge in [-0.25, -0.2) is 14.2 Å². The summed E-state index contributed by atoms with van der Waals surface area (Å²) < 4.78 is 3.97. The summed E-state index contributed by atoms with van der Waals surface area (Å²) in [5.74, 6) is -0.0117. The standard InChI is InChI=1S/C27H25BrN6O3/c1-16-13-19(7-10-22(16)28)25(36)32-15-23-21(14-17(32)2)26(37)34(27(31-23)33-12-4-11-30-33)20-8-5-18(6-9-20)24(35)29-3/h4-13,17H,14-15H2,1-3H3,(H,29,35)/t17-/m0/s1. The van der Waals surface area contributed by atoms with E-state index < -0.39 is 0 Å². The van der Waals surface area contributed by atoms with Crippen LogP contribution in [0, 0.1) is 6.92 Å². The fourth-order valence-electron chi connectivity index (χ4n) is 4.54. The Morgan fingerprint density at radius 1 is 1.11 bits per heavy atom. The highest BCUT2D eigenvalue weighted by atomic mass is 79.9. The smallest absolute Gasteiger partial charge is 0.263 e. The Morgan fingerprint density at radius 3 is 2.49 bits per heavy atom. The first kappa shape index (κ1) is 24.6. The van der Waals surface area contributed by atoms with Crippen molar-refractivity contribution >= 4 is 27.7 Å². The molecule has 1 aliphatic heterocycles. The second kappa shape index (κ2) is 9.78. The Hall–Kier alpha value is -4.05. The molecule has 1 aliphatic rings. The van der Waals surface area contributed by atoms with Gasteiger partial charge in [0.15, 0.2) is 0 Å². The molecular formula is C27H25BrN6O3. The summed E-state index contributed by atoms with van der Waals surface area (Å²) in [5, 5.41) is 6.90. The molecule has 9 nitrogen and oxygen atoms in total. The molecule has 0 aliphatic carbocycles. The van der Waals surface area contributed by atoms with Crippen LogP contribution in [-0.4, -0.2) is 49.1 Å². The van der Waals surface area contributed by atoms with Gasteiger partial charge in [0.2, 0.25) is 5.95 Å². The number of rotatable bonds is 4. The molecule has 0 saturated heterocycles. The second-order valence-electron chi connectivity index (χ2n) is 9.00. The molecule has 2 aromatic carbocycles. The topological polar surface area (TPSA) is 102 Å². The van der Waals surface area contributed by atoms with Gasteiger partial charge in [-0.2, -0.15) is 5.10 Å². The van der Waals surface area contributed by atoms with Crippen LogP contribution in [0.3, 0.4) is 0 Å². The number of nitrogens with zero attached hydrogens (tertiary/aromatic N) is 5. The third-order valence-electron chi connectivity index (χ3n) is 6.59. The van der Waals surface area contributed by atoms with E-state index >= 15 is 0 Å². The SMILES string of the molecule is CNC(=O)c1ccc(-n2c(-n3cccn3)nc3c(c2=O)C[C@H](C)N(C(=O)c2ccc(Br)c(C)c2)C3)cc1. The summed E-state index contributed by atoms with van der Waals surface area (Å²) >= 11 is 3.48. The quantitative estimate of drug-likeness (QED) is 0.412. The summed E-state index contributed by atoms with van der Waals surface area (Å²) in [6.07, 6.45) is 3.69. The molecule has 0 bridgehead atoms. The largest absolute Gasteiger partial charge is 0.355 e. The van der Waals surface area contributed by atoms with Crippen LogP contribution in [0.1, 0.15) is 44.5 Å². The van der Waals surface area contributed by atoms with Crippen LogP contribution in [0.4, 0.5) is 0 Å². The van der Waals surface area contributed by atoms with E-state index in [9.17, 15) is 14.4 Å². The van der Waals surface area contributed by atoms with Crippen molar-refractivity contribution in [1.82, 2.24) is 29.5 Å². The minimum absolute atomic E-state index is 0.106. The first-order chi connectivity index (χ1) is 17.8. The summed E-state index contributed by atoms with van der Waals surface area (Å²) in [4.78, 5) is 45.9. The van der Waals surface area contributed by atoms with E-state index in [1.165, 1.54) is 9.25 Å². The van der Waals surface area contributed by atoms with Gasteiger partial charge >= 0.3 is 0 Å². The fraction of sp³-hybridized carbons (Fsp3) is 0.222. The van der Waals surface area contributed by atoms with E-state index in [1.54, 1.807) is 60.7 Å². The van der Waals surface area contributed by atoms with E-state index in [0.717, 1.165) is 10.0 Å². The van der Waals surface area contributed by atoms with Gasteiger partial charge in [0.25, 0.3) is 17.4 Å². The van der Waals surface area contributed by atoms with Gasteiger partial charge in [-0.1, -0.05) is 15.9 Å². The number of halogens is 1. The number of aryl methyl sites for hydroxylation is 1. The molecule has 0 radical (unpaired) electrons. The molecule has 3 heterocycles. The lowest BCUT2D eigenvalue weighted by molar-refractivity contribution is 0.0652. The van der Waals surface area contributed by atoms with Crippen molar-refractivity contribution in [2.45, 2.75) is 32.9 Å². The number of aromatic nitrogens is 4. The van der Waals surface area contributed by atoms with Crippen molar-refractivity contribution < 1.29 is 9.59 Å². The van der Waals surface area contributed by atoms with Crippen molar-refractivity contribution in [1.29, 1.82) is 0 Å². The zero-order chi connectivity index (χ0) is 26.3. The number of fused-ring (bicyclic) bond motifs is 1. The van der Waals surface area contributed by atoms with E-state index in [1.807, 2.05) is 26.0 Å². The Labute approximate surface area is 221 Å². The van der Waals surface area contributed by atoms with Gasteiger partial charge in [0, 0.05) is 46.6 Å². The number of carbonyl (C=O) groups excluding carboxylic acids is 2. The third-order valence-corrected chi connectivity index (χ3v) is 7.48. The highest BCUT2D eigenvalue weighted by Crippen LogP contribution is 2.25. The zero-order valence-corrected chi connectivity index (χ0v) is 22.2. The summed E-state index contributed by atoms with van der Waals surface area (Å²) in [7, 11) is 1.57. The molecule has 2 aromatic heterocycles. The Morgan fingerprint density at radius 2 is 1.84 bits per heavy atom. The Bertz CT molecular complexity index is 1560. The van der Waals surface area contributed by atoms with Crippen LogP contribution in [0.2, 0.25) is 0 Å². The molecule has 0 spiro atoms. The Kier molecular flexibility index (Phi) is 6.51. The number of carbonyl (C=O) groups is 2. The van der Waals surface area contributed by atoms with Gasteiger partial charge in [-0.05, 0) is 74.4 Å². The van der Waals surface area contributed by atoms with Crippen LogP contribution in [0.5, 0.6) is 0 Å². The number of benzene rings is 2. The fourth-order valence-corrected chi connectivity index (χ4v) is 4.79. The predicted molar refractivity (Wildman–Crippen MR) is 142 cm³/mol. The normalized spacial score (nSPS) is 14.8. The molecule has 5 rings (SSSR count). The lowest BCUT2D eigenvalue weighted by Gasteiger charge is -2.34. The molecule has 1 N–H and O–H groups in total. The van der Waals surface area contributed by atoms with E-state index in [0.29, 0.717) is 40.4 Å². The number of nitrogens with one attached hydrogen (secondary N) is 1. The average Bonchev–Trinajstić information content (AvgIpc) is 3.44. The van der Waals surface area contributed by atoms with Gasteiger partial charge in [-0.15, -0.1) is 0 Å². The minimum Gasteiger partial charge on any atom is -0.355 e. The van der Waals surface area contributed by atoms with Crippen LogP contribution in [-0.2, 0) is 13.0 Å². The van der Waals surface area contributed by atoms with E-state index in [4.69, 9.17) is 4.98 Å². The van der Waals surface area contributed by atoms with Crippen LogP contribution in [0.25, 0.3) is 11.6 Å². The predicted octanol–water partition coefficient (Wildman–Crippen LogP) is 3.44. The second-order valence-corrected chi connectivity index (χ2v) is 9.86. The van der Waals surface area contributed by atoms with Crippen LogP contribution < -0.4 is 10.9 Å². The lowest BCUT2D eigenvalue weighted by atomic mass is 9.98. The molecular weight excluding hydrogens is 536 g/mol. The minimum atomic E-state index is -0.221. The number of hydrogen-bond donors (Lipinski definition) is 1. The Balaban J connectivity index is 1.59.